The average Bonchev–Trinajstić information content (AvgIpc) is 2.86. The lowest BCUT2D eigenvalue weighted by Gasteiger charge is -2.39. The minimum atomic E-state index is -3.74. The maximum atomic E-state index is 16.1. The summed E-state index contributed by atoms with van der Waals surface area (Å²) in [4.78, 5) is 0. The summed E-state index contributed by atoms with van der Waals surface area (Å²) in [6.45, 7) is 0. The Hall–Kier alpha value is -4.22. The van der Waals surface area contributed by atoms with Crippen LogP contribution in [0.4, 0.5) is 46.5 Å². The van der Waals surface area contributed by atoms with Crippen LogP contribution in [0.5, 0.6) is 11.5 Å². The Bertz CT molecular complexity index is 1390. The highest BCUT2D eigenvalue weighted by atomic mass is 19.2. The molecule has 3 aromatic rings. The molecule has 0 aromatic heterocycles. The fourth-order valence-corrected chi connectivity index (χ4v) is 3.51. The molecule has 0 aliphatic heterocycles. The van der Waals surface area contributed by atoms with E-state index >= 15 is 8.78 Å². The van der Waals surface area contributed by atoms with Crippen molar-refractivity contribution in [3.63, 3.8) is 0 Å². The highest BCUT2D eigenvalue weighted by Gasteiger charge is 2.59. The van der Waals surface area contributed by atoms with Gasteiger partial charge in [0.05, 0.1) is 0 Å². The molecule has 0 saturated carbocycles. The van der Waals surface area contributed by atoms with Crippen LogP contribution in [0.1, 0.15) is 5.56 Å². The zero-order valence-electron chi connectivity index (χ0n) is 17.8. The van der Waals surface area contributed by atoms with E-state index in [0.29, 0.717) is 0 Å². The molecule has 1 aliphatic rings. The Labute approximate surface area is 198 Å². The first-order valence-electron chi connectivity index (χ1n) is 9.98. The molecule has 0 bridgehead atoms. The number of rotatable bonds is 5. The van der Waals surface area contributed by atoms with Gasteiger partial charge in [-0.05, 0) is 54.6 Å². The first-order chi connectivity index (χ1) is 17.0. The van der Waals surface area contributed by atoms with Crippen LogP contribution in [0.2, 0.25) is 0 Å². The second-order valence-electron chi connectivity index (χ2n) is 7.59. The number of hydrogen-bond acceptors (Lipinski definition) is 4. The van der Waals surface area contributed by atoms with Gasteiger partial charge in [0.25, 0.3) is 0 Å². The summed E-state index contributed by atoms with van der Waals surface area (Å²) in [6.07, 6.45) is -3.30. The third-order valence-electron chi connectivity index (χ3n) is 5.28. The standard InChI is InChI=1S/C24H14F8N2O2/c25-15-9-14(16(26)18(28)17(15)27)24(36-13-7-3-11(34)4-8-13)22(31)20(30)19(29)21(23(24)32)35-12-5-1-10(33)2-6-12/h1-9,23H,33-34H2. The molecule has 2 unspecified atom stereocenters. The largest absolute Gasteiger partial charge is 0.471 e. The minimum Gasteiger partial charge on any atom is -0.471 e. The van der Waals surface area contributed by atoms with Crippen LogP contribution in [-0.4, -0.2) is 6.17 Å². The predicted molar refractivity (Wildman–Crippen MR) is 113 cm³/mol. The molecule has 4 N–H and O–H groups in total. The van der Waals surface area contributed by atoms with E-state index in [9.17, 15) is 26.3 Å². The molecule has 0 spiro atoms. The number of nitrogen functional groups attached to an aromatic ring is 2. The van der Waals surface area contributed by atoms with Gasteiger partial charge in [-0.25, -0.2) is 30.7 Å². The first kappa shape index (κ1) is 24.9. The fourth-order valence-electron chi connectivity index (χ4n) is 3.51. The molecule has 12 heteroatoms. The van der Waals surface area contributed by atoms with Crippen LogP contribution < -0.4 is 20.9 Å². The van der Waals surface area contributed by atoms with Gasteiger partial charge >= 0.3 is 0 Å². The molecule has 0 amide bonds. The molecule has 2 atom stereocenters. The molecule has 0 saturated heterocycles. The average molecular weight is 514 g/mol. The van der Waals surface area contributed by atoms with Crippen molar-refractivity contribution >= 4 is 11.4 Å². The van der Waals surface area contributed by atoms with Crippen molar-refractivity contribution in [2.45, 2.75) is 11.8 Å². The number of benzene rings is 3. The number of anilines is 2. The first-order valence-corrected chi connectivity index (χ1v) is 9.98. The zero-order chi connectivity index (χ0) is 26.4. The molecule has 36 heavy (non-hydrogen) atoms. The van der Waals surface area contributed by atoms with Gasteiger partial charge < -0.3 is 20.9 Å². The lowest BCUT2D eigenvalue weighted by Crippen LogP contribution is -2.49. The molecule has 1 aliphatic carbocycles. The van der Waals surface area contributed by atoms with E-state index in [4.69, 9.17) is 20.9 Å². The van der Waals surface area contributed by atoms with E-state index in [1.165, 1.54) is 24.3 Å². The molecule has 0 radical (unpaired) electrons. The highest BCUT2D eigenvalue weighted by Crippen LogP contribution is 2.51. The number of alkyl halides is 1. The second kappa shape index (κ2) is 9.10. The van der Waals surface area contributed by atoms with Gasteiger partial charge in [0.15, 0.2) is 40.7 Å². The maximum Gasteiger partial charge on any atom is 0.229 e. The van der Waals surface area contributed by atoms with E-state index in [2.05, 4.69) is 0 Å². The monoisotopic (exact) mass is 514 g/mol. The van der Waals surface area contributed by atoms with Crippen LogP contribution in [0.15, 0.2) is 77.8 Å². The zero-order valence-corrected chi connectivity index (χ0v) is 17.8. The minimum absolute atomic E-state index is 0.130. The summed E-state index contributed by atoms with van der Waals surface area (Å²) in [5, 5.41) is 0. The lowest BCUT2D eigenvalue weighted by molar-refractivity contribution is -0.0137. The Morgan fingerprint density at radius 1 is 0.667 bits per heavy atom. The summed E-state index contributed by atoms with van der Waals surface area (Å²) >= 11 is 0. The number of halogens is 8. The van der Waals surface area contributed by atoms with Crippen molar-refractivity contribution < 1.29 is 44.6 Å². The Kier molecular flexibility index (Phi) is 6.29. The molecule has 4 nitrogen and oxygen atoms in total. The molecule has 0 fully saturated rings. The quantitative estimate of drug-likeness (QED) is 0.178. The summed E-state index contributed by atoms with van der Waals surface area (Å²) in [5.41, 5.74) is 6.03. The van der Waals surface area contributed by atoms with Crippen LogP contribution in [0, 0.1) is 23.3 Å². The molecule has 0 heterocycles. The molecular formula is C24H14F8N2O2. The number of allylic oxidation sites excluding steroid dienone is 2. The van der Waals surface area contributed by atoms with Crippen molar-refractivity contribution in [2.24, 2.45) is 0 Å². The van der Waals surface area contributed by atoms with E-state index in [1.807, 2.05) is 0 Å². The Morgan fingerprint density at radius 3 is 1.75 bits per heavy atom. The maximum absolute atomic E-state index is 16.1. The van der Waals surface area contributed by atoms with Gasteiger partial charge in [0.1, 0.15) is 11.5 Å². The van der Waals surface area contributed by atoms with Gasteiger partial charge in [-0.15, -0.1) is 0 Å². The van der Waals surface area contributed by atoms with Gasteiger partial charge in [0, 0.05) is 16.9 Å². The van der Waals surface area contributed by atoms with Gasteiger partial charge in [0.2, 0.25) is 17.6 Å². The summed E-state index contributed by atoms with van der Waals surface area (Å²) < 4.78 is 128. The third-order valence-corrected chi connectivity index (χ3v) is 5.28. The van der Waals surface area contributed by atoms with Crippen molar-refractivity contribution in [1.29, 1.82) is 0 Å². The number of nitrogens with two attached hydrogens (primary N) is 2. The van der Waals surface area contributed by atoms with E-state index in [-0.39, 0.29) is 23.2 Å². The predicted octanol–water partition coefficient (Wildman–Crippen LogP) is 6.44. The van der Waals surface area contributed by atoms with Crippen LogP contribution >= 0.6 is 0 Å². The fraction of sp³-hybridized carbons (Fsp3) is 0.0833. The summed E-state index contributed by atoms with van der Waals surface area (Å²) in [6, 6.07) is 8.97. The van der Waals surface area contributed by atoms with Crippen LogP contribution in [0.3, 0.4) is 0 Å². The van der Waals surface area contributed by atoms with Crippen LogP contribution in [0.25, 0.3) is 0 Å². The Balaban J connectivity index is 1.98. The third kappa shape index (κ3) is 3.97. The van der Waals surface area contributed by atoms with Crippen molar-refractivity contribution in [3.8, 4) is 11.5 Å². The van der Waals surface area contributed by atoms with Crippen LogP contribution in [-0.2, 0) is 5.60 Å². The normalized spacial score (nSPS) is 20.1. The lowest BCUT2D eigenvalue weighted by atomic mass is 9.82. The van der Waals surface area contributed by atoms with E-state index < -0.39 is 69.6 Å². The van der Waals surface area contributed by atoms with E-state index in [1.54, 1.807) is 0 Å². The molecule has 3 aromatic carbocycles. The van der Waals surface area contributed by atoms with Gasteiger partial charge in [-0.1, -0.05) is 0 Å². The van der Waals surface area contributed by atoms with E-state index in [0.717, 1.165) is 24.3 Å². The second-order valence-corrected chi connectivity index (χ2v) is 7.59. The molecular weight excluding hydrogens is 500 g/mol. The molecule has 188 valence electrons. The van der Waals surface area contributed by atoms with Gasteiger partial charge in [-0.2, -0.15) is 4.39 Å². The van der Waals surface area contributed by atoms with Crippen molar-refractivity contribution in [3.05, 3.63) is 107 Å². The van der Waals surface area contributed by atoms with Crippen molar-refractivity contribution in [1.82, 2.24) is 0 Å². The number of ether oxygens (including phenoxy) is 2. The topological polar surface area (TPSA) is 70.5 Å². The SMILES string of the molecule is Nc1ccc(OC2=C(F)C(F)=C(F)C(Oc3ccc(N)cc3)(c3cc(F)c(F)c(F)c3F)C2F)cc1. The number of hydrogen-bond donors (Lipinski definition) is 2. The summed E-state index contributed by atoms with van der Waals surface area (Å²) in [5.74, 6) is -18.6. The molecule has 4 rings (SSSR count). The van der Waals surface area contributed by atoms with Crippen molar-refractivity contribution in [2.75, 3.05) is 11.5 Å². The summed E-state index contributed by atoms with van der Waals surface area (Å²) in [7, 11) is 0. The van der Waals surface area contributed by atoms with Gasteiger partial charge in [-0.3, -0.25) is 0 Å². The smallest absolute Gasteiger partial charge is 0.229 e. The Morgan fingerprint density at radius 2 is 1.19 bits per heavy atom. The highest BCUT2D eigenvalue weighted by molar-refractivity contribution is 5.50.